The molecule has 2 heterocycles. The second kappa shape index (κ2) is 8.34. The van der Waals surface area contributed by atoms with Gasteiger partial charge < -0.3 is 14.6 Å². The number of aromatic nitrogens is 2. The van der Waals surface area contributed by atoms with E-state index in [-0.39, 0.29) is 19.0 Å². The lowest BCUT2D eigenvalue weighted by atomic mass is 10.2. The molecule has 2 aromatic rings. The molecule has 1 aromatic carbocycles. The Morgan fingerprint density at radius 1 is 1.41 bits per heavy atom. The van der Waals surface area contributed by atoms with Crippen LogP contribution in [0.4, 0.5) is 4.39 Å². The van der Waals surface area contributed by atoms with Crippen molar-refractivity contribution in [1.82, 2.24) is 19.2 Å². The summed E-state index contributed by atoms with van der Waals surface area (Å²) in [6.45, 7) is 0.951. The molecule has 1 aliphatic heterocycles. The van der Waals surface area contributed by atoms with Crippen molar-refractivity contribution in [3.8, 4) is 0 Å². The predicted octanol–water partition coefficient (Wildman–Crippen LogP) is 1.10. The number of esters is 1. The topological polar surface area (TPSA) is 93.5 Å². The number of sulfonamides is 1. The second-order valence-electron chi connectivity index (χ2n) is 5.84. The molecule has 8 nitrogen and oxygen atoms in total. The van der Waals surface area contributed by atoms with E-state index < -0.39 is 38.3 Å². The first-order chi connectivity index (χ1) is 12.4. The van der Waals surface area contributed by atoms with E-state index in [1.165, 1.54) is 16.4 Å². The van der Waals surface area contributed by atoms with Crippen molar-refractivity contribution < 1.29 is 22.3 Å². The first-order valence-corrected chi connectivity index (χ1v) is 9.38. The fourth-order valence-electron chi connectivity index (χ4n) is 3.04. The highest BCUT2D eigenvalue weighted by Crippen LogP contribution is 2.30. The molecule has 1 N–H and O–H groups in total. The Hall–Kier alpha value is -2.01. The summed E-state index contributed by atoms with van der Waals surface area (Å²) in [5.74, 6) is -1.43. The summed E-state index contributed by atoms with van der Waals surface area (Å²) in [5.41, 5.74) is -0.591. The van der Waals surface area contributed by atoms with Gasteiger partial charge in [-0.2, -0.15) is 4.31 Å². The third kappa shape index (κ3) is 3.84. The third-order valence-corrected chi connectivity index (χ3v) is 6.25. The maximum Gasteiger partial charge on any atom is 0.342 e. The number of benzene rings is 1. The molecule has 1 saturated heterocycles. The number of methoxy groups -OCH3 is 1. The Labute approximate surface area is 162 Å². The molecule has 1 aliphatic rings. The van der Waals surface area contributed by atoms with Crippen molar-refractivity contribution in [2.24, 2.45) is 7.05 Å². The van der Waals surface area contributed by atoms with Crippen LogP contribution in [0.25, 0.3) is 0 Å². The summed E-state index contributed by atoms with van der Waals surface area (Å²) < 4.78 is 48.3. The van der Waals surface area contributed by atoms with E-state index in [1.54, 1.807) is 24.0 Å². The minimum atomic E-state index is -4.16. The molecule has 0 radical (unpaired) electrons. The molecule has 148 valence electrons. The molecular weight excluding hydrogens is 399 g/mol. The van der Waals surface area contributed by atoms with Crippen LogP contribution in [0.5, 0.6) is 0 Å². The standard InChI is InChI=1S/C16H19FN4O4S.ClH/c1-20-8-7-19-15(20)12-10-18-6-9-21(12)26(23,24)13-5-3-4-11(17)14(13)16(22)25-2;/h3-5,7-8,12,18H,6,9-10H2,1-2H3;1H. The van der Waals surface area contributed by atoms with Crippen molar-refractivity contribution in [2.75, 3.05) is 26.7 Å². The van der Waals surface area contributed by atoms with Crippen molar-refractivity contribution in [2.45, 2.75) is 10.9 Å². The molecule has 1 aromatic heterocycles. The molecule has 0 amide bonds. The largest absolute Gasteiger partial charge is 0.465 e. The molecule has 1 unspecified atom stereocenters. The van der Waals surface area contributed by atoms with E-state index in [4.69, 9.17) is 0 Å². The Bertz CT molecular complexity index is 934. The molecule has 27 heavy (non-hydrogen) atoms. The van der Waals surface area contributed by atoms with Crippen LogP contribution in [0, 0.1) is 5.82 Å². The van der Waals surface area contributed by atoms with Gasteiger partial charge in [0.25, 0.3) is 0 Å². The number of carbonyl (C=O) groups excluding carboxylic acids is 1. The van der Waals surface area contributed by atoms with E-state index in [1.807, 2.05) is 0 Å². The van der Waals surface area contributed by atoms with E-state index in [0.717, 1.165) is 13.2 Å². The smallest absolute Gasteiger partial charge is 0.342 e. The monoisotopic (exact) mass is 418 g/mol. The highest BCUT2D eigenvalue weighted by molar-refractivity contribution is 7.89. The summed E-state index contributed by atoms with van der Waals surface area (Å²) in [7, 11) is -1.32. The second-order valence-corrected chi connectivity index (χ2v) is 7.70. The van der Waals surface area contributed by atoms with Crippen molar-refractivity contribution in [3.63, 3.8) is 0 Å². The molecule has 11 heteroatoms. The van der Waals surface area contributed by atoms with Gasteiger partial charge in [-0.05, 0) is 12.1 Å². The highest BCUT2D eigenvalue weighted by atomic mass is 35.5. The SMILES string of the molecule is COC(=O)c1c(F)cccc1S(=O)(=O)N1CCNCC1c1nccn1C.Cl. The zero-order valence-electron chi connectivity index (χ0n) is 14.8. The van der Waals surface area contributed by atoms with Gasteiger partial charge in [-0.25, -0.2) is 22.6 Å². The number of nitrogens with one attached hydrogen (secondary N) is 1. The summed E-state index contributed by atoms with van der Waals surface area (Å²) in [6.07, 6.45) is 3.30. The fraction of sp³-hybridized carbons (Fsp3) is 0.375. The minimum Gasteiger partial charge on any atom is -0.465 e. The lowest BCUT2D eigenvalue weighted by Crippen LogP contribution is -2.49. The molecule has 0 saturated carbocycles. The minimum absolute atomic E-state index is 0. The number of hydrogen-bond acceptors (Lipinski definition) is 6. The van der Waals surface area contributed by atoms with Crippen molar-refractivity contribution in [1.29, 1.82) is 0 Å². The molecule has 1 fully saturated rings. The van der Waals surface area contributed by atoms with E-state index in [0.29, 0.717) is 18.9 Å². The number of imidazole rings is 1. The molecule has 3 rings (SSSR count). The van der Waals surface area contributed by atoms with Gasteiger partial charge in [0, 0.05) is 39.1 Å². The van der Waals surface area contributed by atoms with Gasteiger partial charge in [-0.3, -0.25) is 0 Å². The van der Waals surface area contributed by atoms with Gasteiger partial charge in [0.15, 0.2) is 0 Å². The first kappa shape index (κ1) is 21.3. The van der Waals surface area contributed by atoms with Crippen LogP contribution >= 0.6 is 12.4 Å². The number of rotatable bonds is 4. The summed E-state index contributed by atoms with van der Waals surface area (Å²) >= 11 is 0. The average molecular weight is 419 g/mol. The third-order valence-electron chi connectivity index (χ3n) is 4.30. The number of piperazine rings is 1. The van der Waals surface area contributed by atoms with Crippen LogP contribution in [-0.2, 0) is 21.8 Å². The number of halogens is 2. The molecular formula is C16H20ClFN4O4S. The maximum atomic E-state index is 14.2. The van der Waals surface area contributed by atoms with Gasteiger partial charge in [-0.1, -0.05) is 6.07 Å². The summed E-state index contributed by atoms with van der Waals surface area (Å²) in [4.78, 5) is 15.8. The Balaban J connectivity index is 0.00000261. The number of aryl methyl sites for hydroxylation is 1. The van der Waals surface area contributed by atoms with E-state index >= 15 is 0 Å². The molecule has 0 spiro atoms. The van der Waals surface area contributed by atoms with Crippen molar-refractivity contribution >= 4 is 28.4 Å². The van der Waals surface area contributed by atoms with Gasteiger partial charge >= 0.3 is 5.97 Å². The quantitative estimate of drug-likeness (QED) is 0.747. The lowest BCUT2D eigenvalue weighted by Gasteiger charge is -2.35. The van der Waals surface area contributed by atoms with E-state index in [2.05, 4.69) is 15.0 Å². The summed E-state index contributed by atoms with van der Waals surface area (Å²) in [6, 6.07) is 2.91. The zero-order chi connectivity index (χ0) is 18.9. The number of hydrogen-bond donors (Lipinski definition) is 1. The van der Waals surface area contributed by atoms with Crippen molar-refractivity contribution in [3.05, 3.63) is 47.8 Å². The number of carbonyl (C=O) groups is 1. The van der Waals surface area contributed by atoms with Crippen LogP contribution < -0.4 is 5.32 Å². The summed E-state index contributed by atoms with van der Waals surface area (Å²) in [5, 5.41) is 3.14. The Kier molecular flexibility index (Phi) is 6.58. The maximum absolute atomic E-state index is 14.2. The zero-order valence-corrected chi connectivity index (χ0v) is 16.4. The Morgan fingerprint density at radius 2 is 2.15 bits per heavy atom. The van der Waals surface area contributed by atoms with Crippen LogP contribution in [0.2, 0.25) is 0 Å². The lowest BCUT2D eigenvalue weighted by molar-refractivity contribution is 0.0590. The average Bonchev–Trinajstić information content (AvgIpc) is 3.06. The Morgan fingerprint density at radius 3 is 2.78 bits per heavy atom. The van der Waals surface area contributed by atoms with Gasteiger partial charge in [0.1, 0.15) is 17.2 Å². The van der Waals surface area contributed by atoms with E-state index in [9.17, 15) is 17.6 Å². The van der Waals surface area contributed by atoms with Gasteiger partial charge in [0.2, 0.25) is 10.0 Å². The number of ether oxygens (including phenoxy) is 1. The fourth-order valence-corrected chi connectivity index (χ4v) is 4.81. The van der Waals surface area contributed by atoms with Crippen LogP contribution in [0.3, 0.4) is 0 Å². The normalized spacial score (nSPS) is 18.0. The van der Waals surface area contributed by atoms with Gasteiger partial charge in [0.05, 0.1) is 18.0 Å². The highest BCUT2D eigenvalue weighted by Gasteiger charge is 2.39. The van der Waals surface area contributed by atoms with Crippen LogP contribution in [-0.4, -0.2) is 55.0 Å². The predicted molar refractivity (Wildman–Crippen MR) is 97.7 cm³/mol. The number of nitrogens with zero attached hydrogens (tertiary/aromatic N) is 3. The van der Waals surface area contributed by atoms with Gasteiger partial charge in [-0.15, -0.1) is 12.4 Å². The molecule has 1 atom stereocenters. The molecule has 0 aliphatic carbocycles. The molecule has 0 bridgehead atoms. The van der Waals surface area contributed by atoms with Crippen LogP contribution in [0.15, 0.2) is 35.5 Å². The first-order valence-electron chi connectivity index (χ1n) is 7.94. The van der Waals surface area contributed by atoms with Crippen LogP contribution in [0.1, 0.15) is 22.2 Å².